The van der Waals surface area contributed by atoms with E-state index in [0.29, 0.717) is 24.3 Å². The minimum absolute atomic E-state index is 0.0331. The summed E-state index contributed by atoms with van der Waals surface area (Å²) in [6.45, 7) is 6.76. The normalized spacial score (nSPS) is 15.6. The fourth-order valence-electron chi connectivity index (χ4n) is 4.44. The van der Waals surface area contributed by atoms with Crippen molar-refractivity contribution in [3.05, 3.63) is 70.5 Å². The highest BCUT2D eigenvalue weighted by Crippen LogP contribution is 2.19. The van der Waals surface area contributed by atoms with Crippen molar-refractivity contribution in [2.75, 3.05) is 31.1 Å². The predicted molar refractivity (Wildman–Crippen MR) is 119 cm³/mol. The molecule has 0 radical (unpaired) electrons. The van der Waals surface area contributed by atoms with Crippen molar-refractivity contribution in [3.8, 4) is 0 Å². The Morgan fingerprint density at radius 2 is 1.77 bits per heavy atom. The van der Waals surface area contributed by atoms with E-state index in [9.17, 15) is 9.18 Å². The van der Waals surface area contributed by atoms with Gasteiger partial charge in [-0.15, -0.1) is 10.2 Å². The Bertz CT molecular complexity index is 1280. The van der Waals surface area contributed by atoms with E-state index in [1.54, 1.807) is 4.57 Å². The lowest BCUT2D eigenvalue weighted by molar-refractivity contribution is 0.277. The van der Waals surface area contributed by atoms with Crippen LogP contribution in [-0.2, 0) is 13.1 Å². The molecule has 1 aliphatic rings. The number of hydrogen-bond donors (Lipinski definition) is 0. The van der Waals surface area contributed by atoms with Gasteiger partial charge in [0.1, 0.15) is 5.82 Å². The Morgan fingerprint density at radius 1 is 0.968 bits per heavy atom. The van der Waals surface area contributed by atoms with Crippen LogP contribution < -0.4 is 10.5 Å². The minimum atomic E-state index is -0.211. The van der Waals surface area contributed by atoms with Crippen LogP contribution in [0.25, 0.3) is 16.7 Å². The molecule has 4 aromatic rings. The molecule has 1 fully saturated rings. The van der Waals surface area contributed by atoms with Crippen molar-refractivity contribution < 1.29 is 4.39 Å². The second kappa shape index (κ2) is 8.11. The molecule has 2 aromatic heterocycles. The van der Waals surface area contributed by atoms with E-state index in [1.807, 2.05) is 47.7 Å². The first-order valence-corrected chi connectivity index (χ1v) is 10.7. The lowest BCUT2D eigenvalue weighted by Gasteiger charge is -2.23. The largest absolute Gasteiger partial charge is 0.370 e. The van der Waals surface area contributed by atoms with Crippen LogP contribution in [0.1, 0.15) is 19.2 Å². The molecule has 160 valence electrons. The van der Waals surface area contributed by atoms with Gasteiger partial charge in [0.15, 0.2) is 5.82 Å². The molecule has 0 bridgehead atoms. The number of para-hydroxylation sites is 1. The maximum absolute atomic E-state index is 13.3. The molecule has 0 amide bonds. The minimum Gasteiger partial charge on any atom is -0.370 e. The molecular weight excluding hydrogens is 395 g/mol. The van der Waals surface area contributed by atoms with Crippen molar-refractivity contribution in [2.24, 2.45) is 0 Å². The first kappa shape index (κ1) is 19.7. The van der Waals surface area contributed by atoms with E-state index < -0.39 is 0 Å². The van der Waals surface area contributed by atoms with Crippen LogP contribution in [0.3, 0.4) is 0 Å². The van der Waals surface area contributed by atoms with Crippen molar-refractivity contribution in [3.63, 3.8) is 0 Å². The number of hydrogen-bond acceptors (Lipinski definition) is 5. The summed E-state index contributed by atoms with van der Waals surface area (Å²) >= 11 is 0. The van der Waals surface area contributed by atoms with Gasteiger partial charge in [0, 0.05) is 38.4 Å². The highest BCUT2D eigenvalue weighted by atomic mass is 19.1. The van der Waals surface area contributed by atoms with Gasteiger partial charge in [-0.1, -0.05) is 12.1 Å². The summed E-state index contributed by atoms with van der Waals surface area (Å²) in [5.74, 6) is 1.21. The lowest BCUT2D eigenvalue weighted by atomic mass is 10.2. The van der Waals surface area contributed by atoms with Crippen LogP contribution in [-0.4, -0.2) is 50.2 Å². The van der Waals surface area contributed by atoms with Gasteiger partial charge in [0.25, 0.3) is 5.56 Å². The first-order chi connectivity index (χ1) is 15.2. The molecule has 3 heterocycles. The van der Waals surface area contributed by atoms with Gasteiger partial charge in [0.05, 0.1) is 17.4 Å². The Kier molecular flexibility index (Phi) is 5.15. The number of fused-ring (bicyclic) bond motifs is 3. The third-order valence-corrected chi connectivity index (χ3v) is 6.04. The molecule has 0 atom stereocenters. The Labute approximate surface area is 179 Å². The van der Waals surface area contributed by atoms with Crippen LogP contribution in [0.2, 0.25) is 0 Å². The molecule has 7 nitrogen and oxygen atoms in total. The Balaban J connectivity index is 1.44. The third kappa shape index (κ3) is 3.57. The van der Waals surface area contributed by atoms with E-state index in [0.717, 1.165) is 49.6 Å². The molecule has 0 saturated carbocycles. The average Bonchev–Trinajstić information content (AvgIpc) is 3.05. The molecule has 2 aromatic carbocycles. The summed E-state index contributed by atoms with van der Waals surface area (Å²) in [5.41, 5.74) is 1.86. The standard InChI is InChI=1S/C23H25FN6O/c1-2-29-22(31)19-6-3-4-7-20(19)30-21(25-26-23(29)30)16-27-12-5-13-28(15-14-27)18-10-8-17(24)9-11-18/h3-4,6-11H,2,5,12-16H2,1H3. The number of rotatable bonds is 4. The maximum Gasteiger partial charge on any atom is 0.262 e. The summed E-state index contributed by atoms with van der Waals surface area (Å²) < 4.78 is 17.0. The third-order valence-electron chi connectivity index (χ3n) is 6.04. The molecule has 5 rings (SSSR count). The van der Waals surface area contributed by atoms with E-state index in [-0.39, 0.29) is 11.4 Å². The number of aryl methyl sites for hydroxylation is 1. The number of anilines is 1. The fourth-order valence-corrected chi connectivity index (χ4v) is 4.44. The molecule has 0 N–H and O–H groups in total. The number of halogens is 1. The van der Waals surface area contributed by atoms with Crippen LogP contribution >= 0.6 is 0 Å². The zero-order valence-electron chi connectivity index (χ0n) is 17.5. The zero-order valence-corrected chi connectivity index (χ0v) is 17.5. The van der Waals surface area contributed by atoms with E-state index in [4.69, 9.17) is 0 Å². The fraction of sp³-hybridized carbons (Fsp3) is 0.348. The Hall–Kier alpha value is -3.26. The highest BCUT2D eigenvalue weighted by molar-refractivity contribution is 5.80. The van der Waals surface area contributed by atoms with E-state index >= 15 is 0 Å². The van der Waals surface area contributed by atoms with Crippen LogP contribution in [0.15, 0.2) is 53.3 Å². The maximum atomic E-state index is 13.3. The van der Waals surface area contributed by atoms with Gasteiger partial charge in [-0.05, 0) is 49.7 Å². The summed E-state index contributed by atoms with van der Waals surface area (Å²) in [5, 5.41) is 9.50. The summed E-state index contributed by atoms with van der Waals surface area (Å²) in [7, 11) is 0. The van der Waals surface area contributed by atoms with E-state index in [2.05, 4.69) is 20.0 Å². The molecule has 31 heavy (non-hydrogen) atoms. The Morgan fingerprint density at radius 3 is 2.58 bits per heavy atom. The van der Waals surface area contributed by atoms with Crippen LogP contribution in [0.4, 0.5) is 10.1 Å². The first-order valence-electron chi connectivity index (χ1n) is 10.7. The van der Waals surface area contributed by atoms with Gasteiger partial charge < -0.3 is 4.90 Å². The number of aromatic nitrogens is 4. The second-order valence-electron chi connectivity index (χ2n) is 7.91. The smallest absolute Gasteiger partial charge is 0.262 e. The van der Waals surface area contributed by atoms with Crippen LogP contribution in [0.5, 0.6) is 0 Å². The quantitative estimate of drug-likeness (QED) is 0.508. The highest BCUT2D eigenvalue weighted by Gasteiger charge is 2.20. The van der Waals surface area contributed by atoms with Gasteiger partial charge >= 0.3 is 0 Å². The van der Waals surface area contributed by atoms with Gasteiger partial charge in [0.2, 0.25) is 5.78 Å². The molecule has 0 spiro atoms. The molecule has 1 aliphatic heterocycles. The molecule has 8 heteroatoms. The van der Waals surface area contributed by atoms with Gasteiger partial charge in [-0.2, -0.15) is 0 Å². The number of nitrogens with zero attached hydrogens (tertiary/aromatic N) is 6. The van der Waals surface area contributed by atoms with Crippen molar-refractivity contribution in [1.82, 2.24) is 24.1 Å². The van der Waals surface area contributed by atoms with Gasteiger partial charge in [-0.3, -0.25) is 18.7 Å². The van der Waals surface area contributed by atoms with Crippen molar-refractivity contribution in [1.29, 1.82) is 0 Å². The average molecular weight is 420 g/mol. The monoisotopic (exact) mass is 420 g/mol. The van der Waals surface area contributed by atoms with Crippen molar-refractivity contribution in [2.45, 2.75) is 26.4 Å². The van der Waals surface area contributed by atoms with Crippen molar-refractivity contribution >= 4 is 22.4 Å². The summed E-state index contributed by atoms with van der Waals surface area (Å²) in [6, 6.07) is 14.3. The van der Waals surface area contributed by atoms with Crippen LogP contribution in [0, 0.1) is 5.82 Å². The summed E-state index contributed by atoms with van der Waals surface area (Å²) in [6.07, 6.45) is 1.01. The van der Waals surface area contributed by atoms with E-state index in [1.165, 1.54) is 12.1 Å². The summed E-state index contributed by atoms with van der Waals surface area (Å²) in [4.78, 5) is 17.5. The lowest BCUT2D eigenvalue weighted by Crippen LogP contribution is -2.31. The topological polar surface area (TPSA) is 58.7 Å². The zero-order chi connectivity index (χ0) is 21.4. The van der Waals surface area contributed by atoms with Gasteiger partial charge in [-0.25, -0.2) is 4.39 Å². The second-order valence-corrected chi connectivity index (χ2v) is 7.91. The molecule has 0 unspecified atom stereocenters. The predicted octanol–water partition coefficient (Wildman–Crippen LogP) is 2.92. The molecule has 1 saturated heterocycles. The molecular formula is C23H25FN6O. The SMILES string of the molecule is CCn1c(=O)c2ccccc2n2c(CN3CCCN(c4ccc(F)cc4)CC3)nnc12. The molecule has 0 aliphatic carbocycles. The number of benzene rings is 2.